The number of nitrogens with one attached hydrogen (secondary N) is 1. The van der Waals surface area contributed by atoms with Gasteiger partial charge in [0.15, 0.2) is 0 Å². The van der Waals surface area contributed by atoms with Crippen LogP contribution in [0.3, 0.4) is 0 Å². The fourth-order valence-electron chi connectivity index (χ4n) is 1.54. The topological polar surface area (TPSA) is 57.0 Å². The quantitative estimate of drug-likeness (QED) is 0.735. The summed E-state index contributed by atoms with van der Waals surface area (Å²) >= 11 is 0. The third-order valence-electron chi connectivity index (χ3n) is 2.36. The fraction of sp³-hybridized carbons (Fsp3) is 0.600. The van der Waals surface area contributed by atoms with E-state index in [0.717, 1.165) is 4.57 Å². The Kier molecular flexibility index (Phi) is 3.98. The number of alkyl halides is 2. The van der Waals surface area contributed by atoms with Gasteiger partial charge >= 0.3 is 5.97 Å². The Hall–Kier alpha value is -1.46. The third kappa shape index (κ3) is 2.77. The highest BCUT2D eigenvalue weighted by Crippen LogP contribution is 2.30. The van der Waals surface area contributed by atoms with Crippen molar-refractivity contribution >= 4 is 5.97 Å². The summed E-state index contributed by atoms with van der Waals surface area (Å²) in [6, 6.07) is -1.84. The molecule has 1 unspecified atom stereocenters. The summed E-state index contributed by atoms with van der Waals surface area (Å²) in [5.41, 5.74) is 0. The van der Waals surface area contributed by atoms with Crippen LogP contribution in [-0.4, -0.2) is 22.0 Å². The highest BCUT2D eigenvalue weighted by molar-refractivity contribution is 5.71. The molecule has 2 N–H and O–H groups in total. The van der Waals surface area contributed by atoms with Crippen LogP contribution >= 0.6 is 0 Å². The molecule has 0 aromatic carbocycles. The summed E-state index contributed by atoms with van der Waals surface area (Å²) in [6.07, 6.45) is 4.42. The number of aliphatic carboxylic acids is 1. The molecular weight excluding hydrogens is 218 g/mol. The molecule has 1 heterocycles. The van der Waals surface area contributed by atoms with Crippen molar-refractivity contribution < 1.29 is 23.2 Å². The summed E-state index contributed by atoms with van der Waals surface area (Å²) in [5, 5.41) is 8.87. The molecule has 0 bridgehead atoms. The van der Waals surface area contributed by atoms with Crippen molar-refractivity contribution in [1.82, 2.24) is 4.98 Å². The zero-order valence-corrected chi connectivity index (χ0v) is 8.99. The number of imidazole rings is 1. The Morgan fingerprint density at radius 1 is 1.62 bits per heavy atom. The molecule has 4 nitrogen and oxygen atoms in total. The first kappa shape index (κ1) is 12.6. The molecule has 0 saturated carbocycles. The van der Waals surface area contributed by atoms with Gasteiger partial charge in [-0.3, -0.25) is 4.98 Å². The minimum atomic E-state index is -3.24. The second-order valence-corrected chi connectivity index (χ2v) is 3.66. The molecule has 0 amide bonds. The van der Waals surface area contributed by atoms with Gasteiger partial charge in [-0.1, -0.05) is 13.3 Å². The van der Waals surface area contributed by atoms with Gasteiger partial charge in [0.25, 0.3) is 12.0 Å². The van der Waals surface area contributed by atoms with Crippen LogP contribution in [0.5, 0.6) is 0 Å². The van der Waals surface area contributed by atoms with Crippen LogP contribution in [0.2, 0.25) is 0 Å². The van der Waals surface area contributed by atoms with Crippen molar-refractivity contribution in [3.63, 3.8) is 0 Å². The van der Waals surface area contributed by atoms with Crippen LogP contribution in [0.4, 0.5) is 8.78 Å². The molecule has 1 atom stereocenters. The van der Waals surface area contributed by atoms with Crippen LogP contribution in [0.25, 0.3) is 0 Å². The lowest BCUT2D eigenvalue weighted by Crippen LogP contribution is -2.52. The van der Waals surface area contributed by atoms with E-state index in [0.29, 0.717) is 12.8 Å². The molecule has 0 spiro atoms. The summed E-state index contributed by atoms with van der Waals surface area (Å²) in [4.78, 5) is 13.5. The summed E-state index contributed by atoms with van der Waals surface area (Å²) < 4.78 is 28.3. The maximum Gasteiger partial charge on any atom is 0.355 e. The molecule has 0 aliphatic carbocycles. The predicted molar refractivity (Wildman–Crippen MR) is 52.1 cm³/mol. The summed E-state index contributed by atoms with van der Waals surface area (Å²) in [5.74, 6) is -4.76. The average Bonchev–Trinajstić information content (AvgIpc) is 2.67. The number of halogens is 2. The number of H-pyrrole nitrogens is 1. The number of rotatable bonds is 6. The van der Waals surface area contributed by atoms with E-state index in [2.05, 4.69) is 4.98 Å². The Morgan fingerprint density at radius 3 is 2.75 bits per heavy atom. The Balaban J connectivity index is 2.89. The van der Waals surface area contributed by atoms with Gasteiger partial charge in [0.2, 0.25) is 6.33 Å². The minimum absolute atomic E-state index is 0.307. The summed E-state index contributed by atoms with van der Waals surface area (Å²) in [7, 11) is 0. The molecule has 0 saturated heterocycles. The van der Waals surface area contributed by atoms with Crippen molar-refractivity contribution in [2.45, 2.75) is 38.2 Å². The molecule has 1 rings (SSSR count). The van der Waals surface area contributed by atoms with E-state index < -0.39 is 24.4 Å². The largest absolute Gasteiger partial charge is 0.478 e. The molecule has 16 heavy (non-hydrogen) atoms. The van der Waals surface area contributed by atoms with Crippen molar-refractivity contribution in [3.05, 3.63) is 18.7 Å². The minimum Gasteiger partial charge on any atom is -0.478 e. The van der Waals surface area contributed by atoms with Crippen molar-refractivity contribution in [2.24, 2.45) is 0 Å². The number of carboxylic acids is 1. The SMILES string of the molecule is CCCCC(F)(F)C(C(=O)O)[n+]1cc[nH]c1. The van der Waals surface area contributed by atoms with Crippen LogP contribution in [-0.2, 0) is 4.79 Å². The van der Waals surface area contributed by atoms with E-state index in [9.17, 15) is 13.6 Å². The molecule has 6 heteroatoms. The molecule has 90 valence electrons. The number of aromatic nitrogens is 2. The van der Waals surface area contributed by atoms with E-state index in [1.165, 1.54) is 18.7 Å². The molecule has 0 aliphatic rings. The number of nitrogens with zero attached hydrogens (tertiary/aromatic N) is 1. The maximum absolute atomic E-state index is 13.7. The standard InChI is InChI=1S/C10H14F2N2O2/c1-2-3-4-10(11,12)8(9(15)16)14-6-5-13-7-14/h5-8H,2-4H2,1H3,(H,15,16)/p+1. The first-order chi connectivity index (χ1) is 7.49. The van der Waals surface area contributed by atoms with E-state index in [4.69, 9.17) is 5.11 Å². The molecule has 1 aromatic rings. The van der Waals surface area contributed by atoms with Crippen LogP contribution < -0.4 is 4.57 Å². The lowest BCUT2D eigenvalue weighted by Gasteiger charge is -2.20. The average molecular weight is 233 g/mol. The Morgan fingerprint density at radius 2 is 2.31 bits per heavy atom. The lowest BCUT2D eigenvalue weighted by atomic mass is 10.0. The number of hydrogen-bond acceptors (Lipinski definition) is 1. The van der Waals surface area contributed by atoms with Gasteiger partial charge in [-0.15, -0.1) is 0 Å². The maximum atomic E-state index is 13.7. The summed E-state index contributed by atoms with van der Waals surface area (Å²) in [6.45, 7) is 1.79. The third-order valence-corrected chi connectivity index (χ3v) is 2.36. The van der Waals surface area contributed by atoms with Crippen molar-refractivity contribution in [2.75, 3.05) is 0 Å². The number of carboxylic acid groups (broad SMARTS) is 1. The number of unbranched alkanes of at least 4 members (excludes halogenated alkanes) is 1. The van der Waals surface area contributed by atoms with Gasteiger partial charge in [-0.2, -0.15) is 0 Å². The Labute approximate surface area is 91.9 Å². The predicted octanol–water partition coefficient (Wildman–Crippen LogP) is 1.75. The Bertz CT molecular complexity index is 339. The number of hydrogen-bond donors (Lipinski definition) is 2. The first-order valence-electron chi connectivity index (χ1n) is 5.13. The van der Waals surface area contributed by atoms with Crippen LogP contribution in [0.1, 0.15) is 32.2 Å². The molecule has 1 aromatic heterocycles. The van der Waals surface area contributed by atoms with Gasteiger partial charge < -0.3 is 5.11 Å². The smallest absolute Gasteiger partial charge is 0.355 e. The normalized spacial score (nSPS) is 13.7. The molecule has 0 aliphatic heterocycles. The number of aromatic amines is 1. The number of carbonyl (C=O) groups is 1. The monoisotopic (exact) mass is 233 g/mol. The second-order valence-electron chi connectivity index (χ2n) is 3.66. The second kappa shape index (κ2) is 5.05. The van der Waals surface area contributed by atoms with Crippen molar-refractivity contribution in [1.29, 1.82) is 0 Å². The first-order valence-corrected chi connectivity index (χ1v) is 5.13. The highest BCUT2D eigenvalue weighted by Gasteiger charge is 2.48. The lowest BCUT2D eigenvalue weighted by molar-refractivity contribution is -0.726. The van der Waals surface area contributed by atoms with Crippen LogP contribution in [0, 0.1) is 0 Å². The van der Waals surface area contributed by atoms with E-state index in [1.54, 1.807) is 6.92 Å². The van der Waals surface area contributed by atoms with Gasteiger partial charge in [0.1, 0.15) is 12.4 Å². The van der Waals surface area contributed by atoms with Gasteiger partial charge in [-0.25, -0.2) is 18.1 Å². The van der Waals surface area contributed by atoms with E-state index >= 15 is 0 Å². The molecular formula is C10H15F2N2O2+. The van der Waals surface area contributed by atoms with E-state index in [-0.39, 0.29) is 0 Å². The highest BCUT2D eigenvalue weighted by atomic mass is 19.3. The van der Waals surface area contributed by atoms with Crippen molar-refractivity contribution in [3.8, 4) is 0 Å². The van der Waals surface area contributed by atoms with Gasteiger partial charge in [-0.05, 0) is 6.42 Å². The zero-order chi connectivity index (χ0) is 12.2. The van der Waals surface area contributed by atoms with Gasteiger partial charge in [0, 0.05) is 6.42 Å². The molecule has 0 fully saturated rings. The van der Waals surface area contributed by atoms with E-state index in [1.807, 2.05) is 0 Å². The van der Waals surface area contributed by atoms with Crippen LogP contribution in [0.15, 0.2) is 18.7 Å². The zero-order valence-electron chi connectivity index (χ0n) is 8.99. The fourth-order valence-corrected chi connectivity index (χ4v) is 1.54. The van der Waals surface area contributed by atoms with Gasteiger partial charge in [0.05, 0.1) is 0 Å². The molecule has 0 radical (unpaired) electrons.